The lowest BCUT2D eigenvalue weighted by molar-refractivity contribution is -0.175. The summed E-state index contributed by atoms with van der Waals surface area (Å²) in [6, 6.07) is 66.3. The normalized spacial score (nSPS) is 23.9. The maximum absolute atomic E-state index is 2.54. The van der Waals surface area contributed by atoms with Gasteiger partial charge in [-0.15, -0.1) is 11.3 Å². The van der Waals surface area contributed by atoms with E-state index in [4.69, 9.17) is 0 Å². The minimum atomic E-state index is 0.388. The van der Waals surface area contributed by atoms with Crippen LogP contribution in [0.3, 0.4) is 0 Å². The molecule has 0 saturated heterocycles. The first-order valence-corrected chi connectivity index (χ1v) is 22.4. The SMILES string of the molecule is c1ccc(-c2ccc(N(c3ccc(C45CC6CC7CC(C4)C76C5)cc3)c3ccc4c5ccc6ccccc6c5n(-c5ccc6sc7ccccc7c6c5)c4c3)cc2)cc1. The average molecular weight is 775 g/mol. The number of benzene rings is 8. The van der Waals surface area contributed by atoms with E-state index in [1.54, 1.807) is 5.56 Å². The second-order valence-corrected chi connectivity index (χ2v) is 19.4. The van der Waals surface area contributed by atoms with Crippen LogP contribution in [0.15, 0.2) is 176 Å². The van der Waals surface area contributed by atoms with Gasteiger partial charge < -0.3 is 9.47 Å². The smallest absolute Gasteiger partial charge is 0.0619 e. The third-order valence-electron chi connectivity index (χ3n) is 15.8. The number of nitrogens with zero attached hydrogens (tertiary/aromatic N) is 2. The predicted molar refractivity (Wildman–Crippen MR) is 249 cm³/mol. The Balaban J connectivity index is 0.967. The first-order chi connectivity index (χ1) is 29.1. The van der Waals surface area contributed by atoms with E-state index in [1.807, 2.05) is 11.3 Å². The fourth-order valence-electron chi connectivity index (χ4n) is 13.3. The second-order valence-electron chi connectivity index (χ2n) is 18.3. The van der Waals surface area contributed by atoms with Crippen LogP contribution in [0.2, 0.25) is 0 Å². The predicted octanol–water partition coefficient (Wildman–Crippen LogP) is 15.5. The number of rotatable bonds is 6. The van der Waals surface area contributed by atoms with Crippen LogP contribution < -0.4 is 4.90 Å². The lowest BCUT2D eigenvalue weighted by atomic mass is 9.38. The third-order valence-corrected chi connectivity index (χ3v) is 17.0. The summed E-state index contributed by atoms with van der Waals surface area (Å²) in [6.45, 7) is 0. The molecule has 4 fully saturated rings. The van der Waals surface area contributed by atoms with Gasteiger partial charge in [-0.2, -0.15) is 0 Å². The maximum atomic E-state index is 2.54. The van der Waals surface area contributed by atoms with E-state index in [-0.39, 0.29) is 0 Å². The summed E-state index contributed by atoms with van der Waals surface area (Å²) in [5.74, 6) is 2.99. The summed E-state index contributed by atoms with van der Waals surface area (Å²) in [5, 5.41) is 7.71. The molecule has 0 amide bonds. The van der Waals surface area contributed by atoms with Gasteiger partial charge in [0, 0.05) is 59.1 Å². The Hall–Kier alpha value is -6.16. The first-order valence-electron chi connectivity index (χ1n) is 21.6. The van der Waals surface area contributed by atoms with Gasteiger partial charge in [0.2, 0.25) is 0 Å². The molecule has 2 heterocycles. The van der Waals surface area contributed by atoms with Crippen LogP contribution in [0, 0.1) is 23.2 Å². The second kappa shape index (κ2) is 11.7. The van der Waals surface area contributed by atoms with Crippen molar-refractivity contribution in [2.45, 2.75) is 37.5 Å². The maximum Gasteiger partial charge on any atom is 0.0619 e. The van der Waals surface area contributed by atoms with E-state index < -0.39 is 0 Å². The van der Waals surface area contributed by atoms with Gasteiger partial charge >= 0.3 is 0 Å². The van der Waals surface area contributed by atoms with Crippen molar-refractivity contribution in [3.05, 3.63) is 181 Å². The van der Waals surface area contributed by atoms with Gasteiger partial charge in [0.15, 0.2) is 0 Å². The fraction of sp³-hybridized carbons (Fsp3) is 0.179. The largest absolute Gasteiger partial charge is 0.310 e. The molecule has 59 heavy (non-hydrogen) atoms. The highest BCUT2D eigenvalue weighted by Crippen LogP contribution is 2.84. The molecule has 2 nitrogen and oxygen atoms in total. The average Bonchev–Trinajstić information content (AvgIpc) is 4.01. The summed E-state index contributed by atoms with van der Waals surface area (Å²) < 4.78 is 5.19. The Morgan fingerprint density at radius 2 is 1.15 bits per heavy atom. The molecule has 10 aromatic rings. The number of hydrogen-bond donors (Lipinski definition) is 0. The van der Waals surface area contributed by atoms with Gasteiger partial charge in [0.1, 0.15) is 0 Å². The minimum absolute atomic E-state index is 0.388. The van der Waals surface area contributed by atoms with E-state index >= 15 is 0 Å². The van der Waals surface area contributed by atoms with Crippen LogP contribution in [-0.4, -0.2) is 4.57 Å². The zero-order valence-corrected chi connectivity index (χ0v) is 33.6. The molecule has 2 aromatic heterocycles. The molecule has 282 valence electrons. The Bertz CT molecular complexity index is 3320. The monoisotopic (exact) mass is 774 g/mol. The Morgan fingerprint density at radius 1 is 0.492 bits per heavy atom. The number of fused-ring (bicyclic) bond motifs is 9. The first kappa shape index (κ1) is 32.8. The molecule has 0 radical (unpaired) electrons. The molecular weight excluding hydrogens is 733 g/mol. The number of anilines is 3. The molecular formula is C56H42N2S. The van der Waals surface area contributed by atoms with Gasteiger partial charge in [-0.05, 0) is 143 Å². The van der Waals surface area contributed by atoms with Crippen LogP contribution in [0.1, 0.15) is 37.7 Å². The van der Waals surface area contributed by atoms with Crippen molar-refractivity contribution in [2.75, 3.05) is 4.90 Å². The molecule has 4 aliphatic rings. The molecule has 4 saturated carbocycles. The van der Waals surface area contributed by atoms with E-state index in [9.17, 15) is 0 Å². The van der Waals surface area contributed by atoms with E-state index in [1.165, 1.54) is 107 Å². The summed E-state index contributed by atoms with van der Waals surface area (Å²) in [5.41, 5.74) is 12.3. The van der Waals surface area contributed by atoms with Gasteiger partial charge in [-0.1, -0.05) is 115 Å². The summed E-state index contributed by atoms with van der Waals surface area (Å²) in [4.78, 5) is 2.48. The summed E-state index contributed by atoms with van der Waals surface area (Å²) in [7, 11) is 0. The van der Waals surface area contributed by atoms with Crippen molar-refractivity contribution < 1.29 is 0 Å². The minimum Gasteiger partial charge on any atom is -0.310 e. The van der Waals surface area contributed by atoms with Gasteiger partial charge in [-0.25, -0.2) is 0 Å². The molecule has 1 spiro atoms. The van der Waals surface area contributed by atoms with Crippen molar-refractivity contribution in [1.82, 2.24) is 4.57 Å². The summed E-state index contributed by atoms with van der Waals surface area (Å²) >= 11 is 1.88. The van der Waals surface area contributed by atoms with Crippen molar-refractivity contribution in [2.24, 2.45) is 23.2 Å². The standard InChI is InChI=1S/C56H42N2S/c1-2-8-35(9-3-1)36-14-19-42(20-15-36)57(43-21-17-38(18-22-43)55-32-40-28-39-29-41(33-55)56(39,40)34-55)45-23-26-47-49-25-16-37-10-4-5-11-46(37)54(49)58(51(47)31-45)44-24-27-53-50(30-44)48-12-6-7-13-52(48)59-53/h1-27,30-31,39-41H,28-29,32-34H2. The third kappa shape index (κ3) is 4.41. The highest BCUT2D eigenvalue weighted by Gasteiger charge is 2.77. The zero-order chi connectivity index (χ0) is 38.5. The van der Waals surface area contributed by atoms with Crippen molar-refractivity contribution >= 4 is 81.1 Å². The Labute approximate surface area is 348 Å². The molecule has 3 heteroatoms. The lowest BCUT2D eigenvalue weighted by Gasteiger charge is -2.66. The molecule has 0 aliphatic heterocycles. The number of thiophene rings is 1. The molecule has 2 unspecified atom stereocenters. The summed E-state index contributed by atoms with van der Waals surface area (Å²) in [6.07, 6.45) is 7.25. The molecule has 4 aliphatic carbocycles. The van der Waals surface area contributed by atoms with Crippen LogP contribution in [0.5, 0.6) is 0 Å². The zero-order valence-electron chi connectivity index (χ0n) is 32.8. The quantitative estimate of drug-likeness (QED) is 0.163. The van der Waals surface area contributed by atoms with Gasteiger partial charge in [0.05, 0.1) is 11.0 Å². The Morgan fingerprint density at radius 3 is 1.93 bits per heavy atom. The van der Waals surface area contributed by atoms with Crippen LogP contribution >= 0.6 is 11.3 Å². The number of aromatic nitrogens is 1. The highest BCUT2D eigenvalue weighted by atomic mass is 32.1. The number of hydrogen-bond acceptors (Lipinski definition) is 2. The van der Waals surface area contributed by atoms with Crippen LogP contribution in [0.4, 0.5) is 17.1 Å². The molecule has 2 atom stereocenters. The lowest BCUT2D eigenvalue weighted by Crippen LogP contribution is -2.59. The van der Waals surface area contributed by atoms with E-state index in [0.29, 0.717) is 10.8 Å². The van der Waals surface area contributed by atoms with Gasteiger partial charge in [0.25, 0.3) is 0 Å². The molecule has 0 N–H and O–H groups in total. The van der Waals surface area contributed by atoms with Crippen molar-refractivity contribution in [1.29, 1.82) is 0 Å². The fourth-order valence-corrected chi connectivity index (χ4v) is 14.4. The van der Waals surface area contributed by atoms with Gasteiger partial charge in [-0.3, -0.25) is 0 Å². The van der Waals surface area contributed by atoms with E-state index in [2.05, 4.69) is 185 Å². The topological polar surface area (TPSA) is 8.17 Å². The highest BCUT2D eigenvalue weighted by molar-refractivity contribution is 7.25. The molecule has 8 aromatic carbocycles. The van der Waals surface area contributed by atoms with Crippen molar-refractivity contribution in [3.8, 4) is 16.8 Å². The van der Waals surface area contributed by atoms with Crippen LogP contribution in [0.25, 0.3) is 69.6 Å². The Kier molecular flexibility index (Phi) is 6.52. The van der Waals surface area contributed by atoms with Crippen LogP contribution in [-0.2, 0) is 5.41 Å². The molecule has 2 bridgehead atoms. The van der Waals surface area contributed by atoms with Crippen molar-refractivity contribution in [3.63, 3.8) is 0 Å². The van der Waals surface area contributed by atoms with E-state index in [0.717, 1.165) is 29.1 Å². The molecule has 14 rings (SSSR count).